The molecule has 1 atom stereocenters. The van der Waals surface area contributed by atoms with Crippen molar-refractivity contribution in [1.29, 1.82) is 0 Å². The molecule has 1 aliphatic rings. The molecule has 1 fully saturated rings. The monoisotopic (exact) mass is 372 g/mol. The van der Waals surface area contributed by atoms with Gasteiger partial charge in [-0.2, -0.15) is 0 Å². The van der Waals surface area contributed by atoms with Crippen molar-refractivity contribution < 1.29 is 4.39 Å². The summed E-state index contributed by atoms with van der Waals surface area (Å²) >= 11 is 3.85. The van der Waals surface area contributed by atoms with Crippen molar-refractivity contribution in [2.75, 3.05) is 24.7 Å². The molecule has 0 bridgehead atoms. The third kappa shape index (κ3) is 3.46. The van der Waals surface area contributed by atoms with Crippen molar-refractivity contribution in [2.24, 2.45) is 0 Å². The van der Waals surface area contributed by atoms with Crippen molar-refractivity contribution in [3.63, 3.8) is 0 Å². The van der Waals surface area contributed by atoms with Gasteiger partial charge in [-0.15, -0.1) is 23.1 Å². The average Bonchev–Trinajstić information content (AvgIpc) is 3.27. The quantitative estimate of drug-likeness (QED) is 0.617. The van der Waals surface area contributed by atoms with Crippen LogP contribution in [-0.4, -0.2) is 34.6 Å². The predicted molar refractivity (Wildman–Crippen MR) is 106 cm³/mol. The van der Waals surface area contributed by atoms with Crippen LogP contribution in [0.25, 0.3) is 10.1 Å². The zero-order valence-electron chi connectivity index (χ0n) is 14.2. The van der Waals surface area contributed by atoms with Crippen molar-refractivity contribution in [2.45, 2.75) is 19.3 Å². The van der Waals surface area contributed by atoms with Crippen LogP contribution in [0, 0.1) is 5.82 Å². The van der Waals surface area contributed by atoms with Gasteiger partial charge in [0.15, 0.2) is 0 Å². The summed E-state index contributed by atoms with van der Waals surface area (Å²) in [5.74, 6) is 2.10. The largest absolute Gasteiger partial charge is 0.293 e. The van der Waals surface area contributed by atoms with E-state index in [0.29, 0.717) is 5.69 Å². The van der Waals surface area contributed by atoms with Crippen LogP contribution in [0.2, 0.25) is 0 Å². The Morgan fingerprint density at radius 3 is 2.92 bits per heavy atom. The lowest BCUT2D eigenvalue weighted by Gasteiger charge is -2.17. The maximum Gasteiger partial charge on any atom is 0.145 e. The predicted octanol–water partition coefficient (Wildman–Crippen LogP) is 5.14. The van der Waals surface area contributed by atoms with Crippen molar-refractivity contribution in [3.8, 4) is 0 Å². The smallest absolute Gasteiger partial charge is 0.145 e. The highest BCUT2D eigenvalue weighted by Gasteiger charge is 2.23. The van der Waals surface area contributed by atoms with Gasteiger partial charge in [-0.25, -0.2) is 4.39 Å². The van der Waals surface area contributed by atoms with E-state index >= 15 is 0 Å². The van der Waals surface area contributed by atoms with Gasteiger partial charge in [0.25, 0.3) is 0 Å². The van der Waals surface area contributed by atoms with E-state index < -0.39 is 0 Å². The summed E-state index contributed by atoms with van der Waals surface area (Å²) in [5, 5.41) is 1.25. The molecule has 3 aromatic rings. The first-order valence-electron chi connectivity index (χ1n) is 8.65. The number of hydrogen-bond acceptors (Lipinski definition) is 4. The van der Waals surface area contributed by atoms with E-state index in [1.54, 1.807) is 12.3 Å². The lowest BCUT2D eigenvalue weighted by atomic mass is 9.93. The standard InChI is InChI=1S/C20H21FN2S2/c1-14(20-16(21)6-4-9-22-20)19-15-5-2-3-7-17(15)25-18(19)8-10-23-11-12-24-13-23/h2-7,9,14H,8,10-13H2,1H3. The molecule has 3 heterocycles. The number of hydrogen-bond donors (Lipinski definition) is 0. The SMILES string of the molecule is CC(c1ncccc1F)c1c(CCN2CCSC2)sc2ccccc12. The van der Waals surface area contributed by atoms with Crippen LogP contribution >= 0.6 is 23.1 Å². The molecule has 0 aliphatic carbocycles. The van der Waals surface area contributed by atoms with Gasteiger partial charge < -0.3 is 0 Å². The average molecular weight is 373 g/mol. The van der Waals surface area contributed by atoms with Crippen LogP contribution in [0.4, 0.5) is 4.39 Å². The first-order chi connectivity index (χ1) is 12.2. The summed E-state index contributed by atoms with van der Waals surface area (Å²) in [4.78, 5) is 8.21. The van der Waals surface area contributed by atoms with E-state index in [4.69, 9.17) is 0 Å². The van der Waals surface area contributed by atoms with Gasteiger partial charge in [-0.05, 0) is 35.6 Å². The minimum Gasteiger partial charge on any atom is -0.293 e. The molecule has 2 nitrogen and oxygen atoms in total. The highest BCUT2D eigenvalue weighted by atomic mass is 32.2. The van der Waals surface area contributed by atoms with Gasteiger partial charge in [0.1, 0.15) is 5.82 Å². The summed E-state index contributed by atoms with van der Waals surface area (Å²) in [5.41, 5.74) is 1.80. The zero-order chi connectivity index (χ0) is 17.2. The molecule has 0 spiro atoms. The molecule has 0 N–H and O–H groups in total. The molecule has 130 valence electrons. The number of benzene rings is 1. The number of halogens is 1. The van der Waals surface area contributed by atoms with Gasteiger partial charge in [-0.1, -0.05) is 25.1 Å². The second kappa shape index (κ2) is 7.44. The fourth-order valence-corrected chi connectivity index (χ4v) is 5.84. The summed E-state index contributed by atoms with van der Waals surface area (Å²) in [6.07, 6.45) is 2.71. The number of rotatable bonds is 5. The van der Waals surface area contributed by atoms with E-state index in [-0.39, 0.29) is 11.7 Å². The second-order valence-corrected chi connectivity index (χ2v) is 8.64. The molecule has 2 aromatic heterocycles. The number of pyridine rings is 1. The maximum absolute atomic E-state index is 14.3. The molecule has 1 aromatic carbocycles. The molecule has 0 saturated carbocycles. The van der Waals surface area contributed by atoms with E-state index in [1.807, 2.05) is 23.1 Å². The fraction of sp³-hybridized carbons (Fsp3) is 0.350. The Morgan fingerprint density at radius 1 is 1.24 bits per heavy atom. The molecular weight excluding hydrogens is 351 g/mol. The normalized spacial score (nSPS) is 16.6. The summed E-state index contributed by atoms with van der Waals surface area (Å²) in [7, 11) is 0. The first-order valence-corrected chi connectivity index (χ1v) is 10.6. The van der Waals surface area contributed by atoms with E-state index in [2.05, 4.69) is 41.1 Å². The van der Waals surface area contributed by atoms with E-state index in [1.165, 1.54) is 38.9 Å². The summed E-state index contributed by atoms with van der Waals surface area (Å²) in [6.45, 7) is 4.33. The maximum atomic E-state index is 14.3. The molecule has 5 heteroatoms. The Hall–Kier alpha value is -1.43. The lowest BCUT2D eigenvalue weighted by Crippen LogP contribution is -2.22. The number of nitrogens with zero attached hydrogens (tertiary/aromatic N) is 2. The number of aromatic nitrogens is 1. The highest BCUT2D eigenvalue weighted by molar-refractivity contribution is 7.99. The Labute approximate surface area is 156 Å². The molecule has 0 radical (unpaired) electrons. The van der Waals surface area contributed by atoms with Crippen molar-refractivity contribution in [1.82, 2.24) is 9.88 Å². The van der Waals surface area contributed by atoms with Crippen LogP contribution in [0.3, 0.4) is 0 Å². The van der Waals surface area contributed by atoms with Gasteiger partial charge in [0, 0.05) is 46.4 Å². The number of thiophene rings is 1. The Kier molecular flexibility index (Phi) is 5.06. The third-order valence-electron chi connectivity index (χ3n) is 4.82. The minimum atomic E-state index is -0.216. The molecule has 0 amide bonds. The molecule has 1 unspecified atom stereocenters. The highest BCUT2D eigenvalue weighted by Crippen LogP contribution is 2.39. The fourth-order valence-electron chi connectivity index (χ4n) is 3.52. The molecular formula is C20H21FN2S2. The molecule has 1 aliphatic heterocycles. The number of thioether (sulfide) groups is 1. The second-order valence-electron chi connectivity index (χ2n) is 6.43. The van der Waals surface area contributed by atoms with Crippen LogP contribution in [0.15, 0.2) is 42.6 Å². The van der Waals surface area contributed by atoms with Gasteiger partial charge >= 0.3 is 0 Å². The van der Waals surface area contributed by atoms with Crippen LogP contribution < -0.4 is 0 Å². The Balaban J connectivity index is 1.72. The number of fused-ring (bicyclic) bond motifs is 1. The lowest BCUT2D eigenvalue weighted by molar-refractivity contribution is 0.361. The van der Waals surface area contributed by atoms with Crippen LogP contribution in [0.5, 0.6) is 0 Å². The van der Waals surface area contributed by atoms with Gasteiger partial charge in [0.2, 0.25) is 0 Å². The molecule has 1 saturated heterocycles. The summed E-state index contributed by atoms with van der Waals surface area (Å²) < 4.78 is 15.6. The van der Waals surface area contributed by atoms with Crippen molar-refractivity contribution >= 4 is 33.2 Å². The van der Waals surface area contributed by atoms with Crippen molar-refractivity contribution in [3.05, 3.63) is 64.5 Å². The first kappa shape index (κ1) is 17.0. The van der Waals surface area contributed by atoms with Gasteiger partial charge in [-0.3, -0.25) is 9.88 Å². The summed E-state index contributed by atoms with van der Waals surface area (Å²) in [6, 6.07) is 11.6. The van der Waals surface area contributed by atoms with Crippen LogP contribution in [-0.2, 0) is 6.42 Å². The Bertz CT molecular complexity index is 871. The Morgan fingerprint density at radius 2 is 2.12 bits per heavy atom. The molecule has 4 rings (SSSR count). The zero-order valence-corrected chi connectivity index (χ0v) is 15.9. The van der Waals surface area contributed by atoms with E-state index in [0.717, 1.165) is 18.8 Å². The topological polar surface area (TPSA) is 16.1 Å². The van der Waals surface area contributed by atoms with Crippen LogP contribution in [0.1, 0.15) is 29.0 Å². The minimum absolute atomic E-state index is 0.0414. The molecule has 25 heavy (non-hydrogen) atoms. The van der Waals surface area contributed by atoms with Gasteiger partial charge in [0.05, 0.1) is 5.69 Å². The van der Waals surface area contributed by atoms with E-state index in [9.17, 15) is 4.39 Å². The third-order valence-corrected chi connectivity index (χ3v) is 7.09.